The van der Waals surface area contributed by atoms with Crippen LogP contribution in [0.5, 0.6) is 0 Å². The molecular formula is C18H31N5O3S. The molecule has 0 bridgehead atoms. The summed E-state index contributed by atoms with van der Waals surface area (Å²) in [5.74, 6) is 0.131. The van der Waals surface area contributed by atoms with Crippen molar-refractivity contribution in [2.24, 2.45) is 13.0 Å². The number of nitrogens with one attached hydrogen (secondary N) is 2. The number of amides is 1. The van der Waals surface area contributed by atoms with E-state index in [1.165, 1.54) is 6.07 Å². The fourth-order valence-corrected chi connectivity index (χ4v) is 5.44. The number of piperazine rings is 1. The first-order valence-electron chi connectivity index (χ1n) is 9.75. The Labute approximate surface area is 161 Å². The van der Waals surface area contributed by atoms with Crippen LogP contribution in [-0.4, -0.2) is 80.5 Å². The van der Waals surface area contributed by atoms with Crippen LogP contribution in [-0.2, 0) is 17.1 Å². The first kappa shape index (κ1) is 20.3. The maximum Gasteiger partial charge on any atom is 0.267 e. The molecule has 1 unspecified atom stereocenters. The number of hydrogen-bond donors (Lipinski definition) is 2. The number of nitrogens with zero attached hydrogens (tertiary/aromatic N) is 3. The molecule has 0 aliphatic carbocycles. The highest BCUT2D eigenvalue weighted by atomic mass is 32.2. The molecule has 1 amide bonds. The SMILES string of the molecule is CC1CCCN(S(=O)(=O)c2cc(C(=O)NCCN3CCNCC3)n(C)c2)C1. The summed E-state index contributed by atoms with van der Waals surface area (Å²) in [6.07, 6.45) is 3.48. The van der Waals surface area contributed by atoms with E-state index in [9.17, 15) is 13.2 Å². The van der Waals surface area contributed by atoms with Gasteiger partial charge in [0.2, 0.25) is 10.0 Å². The van der Waals surface area contributed by atoms with Crippen LogP contribution in [0.2, 0.25) is 0 Å². The molecular weight excluding hydrogens is 366 g/mol. The van der Waals surface area contributed by atoms with Gasteiger partial charge in [-0.25, -0.2) is 8.42 Å². The topological polar surface area (TPSA) is 86.7 Å². The standard InChI is InChI=1S/C18H31N5O3S/c1-15-4-3-8-23(13-15)27(25,26)16-12-17(21(2)14-16)18(24)20-7-11-22-9-5-19-6-10-22/h12,14-15,19H,3-11,13H2,1-2H3,(H,20,24). The van der Waals surface area contributed by atoms with E-state index in [0.29, 0.717) is 31.2 Å². The molecule has 0 saturated carbocycles. The van der Waals surface area contributed by atoms with E-state index in [-0.39, 0.29) is 10.8 Å². The van der Waals surface area contributed by atoms with E-state index in [1.807, 2.05) is 0 Å². The zero-order valence-electron chi connectivity index (χ0n) is 16.3. The predicted octanol–water partition coefficient (Wildman–Crippen LogP) is 0.0807. The normalized spacial score (nSPS) is 22.7. The Morgan fingerprint density at radius 3 is 2.74 bits per heavy atom. The molecule has 1 aromatic heterocycles. The number of sulfonamides is 1. The smallest absolute Gasteiger partial charge is 0.267 e. The van der Waals surface area contributed by atoms with Crippen LogP contribution in [0.15, 0.2) is 17.2 Å². The molecule has 1 aromatic rings. The molecule has 1 atom stereocenters. The second kappa shape index (κ2) is 8.72. The van der Waals surface area contributed by atoms with E-state index < -0.39 is 10.0 Å². The van der Waals surface area contributed by atoms with Crippen molar-refractivity contribution in [1.82, 2.24) is 24.4 Å². The Morgan fingerprint density at radius 2 is 2.04 bits per heavy atom. The van der Waals surface area contributed by atoms with Gasteiger partial charge in [0.1, 0.15) is 10.6 Å². The van der Waals surface area contributed by atoms with E-state index >= 15 is 0 Å². The van der Waals surface area contributed by atoms with Gasteiger partial charge in [-0.05, 0) is 24.8 Å². The van der Waals surface area contributed by atoms with Crippen molar-refractivity contribution in [2.45, 2.75) is 24.7 Å². The van der Waals surface area contributed by atoms with Crippen molar-refractivity contribution in [2.75, 3.05) is 52.4 Å². The summed E-state index contributed by atoms with van der Waals surface area (Å²) in [7, 11) is -1.84. The van der Waals surface area contributed by atoms with Crippen LogP contribution < -0.4 is 10.6 Å². The summed E-state index contributed by atoms with van der Waals surface area (Å²) in [4.78, 5) is 15.0. The minimum Gasteiger partial charge on any atom is -0.349 e. The highest BCUT2D eigenvalue weighted by Crippen LogP contribution is 2.24. The van der Waals surface area contributed by atoms with Crippen LogP contribution >= 0.6 is 0 Å². The van der Waals surface area contributed by atoms with Crippen molar-refractivity contribution < 1.29 is 13.2 Å². The molecule has 2 aliphatic heterocycles. The van der Waals surface area contributed by atoms with E-state index in [2.05, 4.69) is 22.5 Å². The van der Waals surface area contributed by atoms with Crippen LogP contribution in [0, 0.1) is 5.92 Å². The van der Waals surface area contributed by atoms with Crippen molar-refractivity contribution in [3.05, 3.63) is 18.0 Å². The molecule has 0 radical (unpaired) electrons. The quantitative estimate of drug-likeness (QED) is 0.710. The third-order valence-corrected chi connectivity index (χ3v) is 7.22. The van der Waals surface area contributed by atoms with Gasteiger partial charge in [-0.15, -0.1) is 0 Å². The zero-order chi connectivity index (χ0) is 19.4. The van der Waals surface area contributed by atoms with Crippen LogP contribution in [0.1, 0.15) is 30.3 Å². The average Bonchev–Trinajstić information content (AvgIpc) is 3.05. The molecule has 3 heterocycles. The third kappa shape index (κ3) is 4.90. The van der Waals surface area contributed by atoms with Gasteiger partial charge >= 0.3 is 0 Å². The number of aromatic nitrogens is 1. The van der Waals surface area contributed by atoms with Gasteiger partial charge in [-0.2, -0.15) is 4.31 Å². The number of hydrogen-bond acceptors (Lipinski definition) is 5. The summed E-state index contributed by atoms with van der Waals surface area (Å²) < 4.78 is 29.0. The number of carbonyl (C=O) groups is 1. The van der Waals surface area contributed by atoms with Crippen LogP contribution in [0.3, 0.4) is 0 Å². The molecule has 0 spiro atoms. The molecule has 2 N–H and O–H groups in total. The predicted molar refractivity (Wildman–Crippen MR) is 104 cm³/mol. The number of piperidine rings is 1. The number of carbonyl (C=O) groups excluding carboxylic acids is 1. The Hall–Kier alpha value is -1.42. The van der Waals surface area contributed by atoms with Gasteiger partial charge < -0.3 is 15.2 Å². The molecule has 2 aliphatic rings. The van der Waals surface area contributed by atoms with Crippen molar-refractivity contribution in [3.8, 4) is 0 Å². The molecule has 8 nitrogen and oxygen atoms in total. The summed E-state index contributed by atoms with van der Waals surface area (Å²) in [6.45, 7) is 8.43. The summed E-state index contributed by atoms with van der Waals surface area (Å²) >= 11 is 0. The van der Waals surface area contributed by atoms with E-state index in [1.54, 1.807) is 22.1 Å². The van der Waals surface area contributed by atoms with E-state index in [4.69, 9.17) is 0 Å². The zero-order valence-corrected chi connectivity index (χ0v) is 17.1. The molecule has 152 valence electrons. The van der Waals surface area contributed by atoms with Gasteiger partial charge in [0.05, 0.1) is 0 Å². The molecule has 0 aromatic carbocycles. The van der Waals surface area contributed by atoms with Crippen LogP contribution in [0.4, 0.5) is 0 Å². The van der Waals surface area contributed by atoms with E-state index in [0.717, 1.165) is 45.6 Å². The third-order valence-electron chi connectivity index (χ3n) is 5.39. The number of rotatable bonds is 6. The second-order valence-corrected chi connectivity index (χ2v) is 9.57. The lowest BCUT2D eigenvalue weighted by Crippen LogP contribution is -2.46. The lowest BCUT2D eigenvalue weighted by molar-refractivity contribution is 0.0939. The monoisotopic (exact) mass is 397 g/mol. The van der Waals surface area contributed by atoms with Gasteiger partial charge in [-0.3, -0.25) is 9.69 Å². The Balaban J connectivity index is 1.61. The first-order valence-corrected chi connectivity index (χ1v) is 11.2. The second-order valence-electron chi connectivity index (χ2n) is 7.63. The lowest BCUT2D eigenvalue weighted by Gasteiger charge is -2.29. The van der Waals surface area contributed by atoms with Crippen molar-refractivity contribution >= 4 is 15.9 Å². The Morgan fingerprint density at radius 1 is 1.30 bits per heavy atom. The summed E-state index contributed by atoms with van der Waals surface area (Å²) in [6, 6.07) is 1.49. The highest BCUT2D eigenvalue weighted by Gasteiger charge is 2.30. The molecule has 2 fully saturated rings. The Bertz CT molecular complexity index is 755. The van der Waals surface area contributed by atoms with Gasteiger partial charge in [0.25, 0.3) is 5.91 Å². The van der Waals surface area contributed by atoms with Gasteiger partial charge in [-0.1, -0.05) is 6.92 Å². The molecule has 3 rings (SSSR count). The van der Waals surface area contributed by atoms with Crippen molar-refractivity contribution in [1.29, 1.82) is 0 Å². The first-order chi connectivity index (χ1) is 12.9. The minimum absolute atomic E-state index is 0.200. The van der Waals surface area contributed by atoms with Gasteiger partial charge in [0.15, 0.2) is 0 Å². The largest absolute Gasteiger partial charge is 0.349 e. The molecule has 9 heteroatoms. The Kier molecular flexibility index (Phi) is 6.56. The summed E-state index contributed by atoms with van der Waals surface area (Å²) in [5.41, 5.74) is 0.374. The van der Waals surface area contributed by atoms with Crippen molar-refractivity contribution in [3.63, 3.8) is 0 Å². The fraction of sp³-hybridized carbons (Fsp3) is 0.722. The van der Waals surface area contributed by atoms with Crippen LogP contribution in [0.25, 0.3) is 0 Å². The summed E-state index contributed by atoms with van der Waals surface area (Å²) in [5, 5.41) is 6.21. The maximum absolute atomic E-state index is 12.9. The highest BCUT2D eigenvalue weighted by molar-refractivity contribution is 7.89. The molecule has 27 heavy (non-hydrogen) atoms. The average molecular weight is 398 g/mol. The molecule has 2 saturated heterocycles. The number of aryl methyl sites for hydroxylation is 1. The lowest BCUT2D eigenvalue weighted by atomic mass is 10.0. The van der Waals surface area contributed by atoms with Gasteiger partial charge in [0, 0.05) is 65.6 Å². The minimum atomic E-state index is -3.55. The maximum atomic E-state index is 12.9. The fourth-order valence-electron chi connectivity index (χ4n) is 3.77.